The van der Waals surface area contributed by atoms with Gasteiger partial charge in [-0.15, -0.1) is 0 Å². The summed E-state index contributed by atoms with van der Waals surface area (Å²) in [6.07, 6.45) is 1.14. The minimum atomic E-state index is -3.93. The third-order valence-corrected chi connectivity index (χ3v) is 9.07. The largest absolute Gasteiger partial charge is 0.280 e. The molecule has 0 amide bonds. The van der Waals surface area contributed by atoms with Gasteiger partial charge in [0.25, 0.3) is 10.0 Å². The fourth-order valence-electron chi connectivity index (χ4n) is 3.27. The van der Waals surface area contributed by atoms with Crippen molar-refractivity contribution in [2.45, 2.75) is 38.1 Å². The number of nitrogens with one attached hydrogen (secondary N) is 1. The fraction of sp³-hybridized carbons (Fsp3) is 0.368. The van der Waals surface area contributed by atoms with E-state index < -0.39 is 20.0 Å². The second-order valence-electron chi connectivity index (χ2n) is 7.02. The second kappa shape index (κ2) is 8.43. The van der Waals surface area contributed by atoms with Gasteiger partial charge in [0.15, 0.2) is 0 Å². The normalized spacial score (nSPS) is 15.2. The lowest BCUT2D eigenvalue weighted by Gasteiger charge is -2.28. The number of halogens is 2. The maximum Gasteiger partial charge on any atom is 0.263 e. The van der Waals surface area contributed by atoms with Gasteiger partial charge in [0.2, 0.25) is 10.0 Å². The van der Waals surface area contributed by atoms with Gasteiger partial charge in [-0.3, -0.25) is 4.72 Å². The highest BCUT2D eigenvalue weighted by Gasteiger charge is 2.27. The van der Waals surface area contributed by atoms with Gasteiger partial charge in [-0.2, -0.15) is 4.31 Å². The predicted molar refractivity (Wildman–Crippen MR) is 117 cm³/mol. The van der Waals surface area contributed by atoms with Crippen molar-refractivity contribution in [2.24, 2.45) is 0 Å². The van der Waals surface area contributed by atoms with Crippen LogP contribution in [-0.2, 0) is 33.0 Å². The molecule has 0 spiro atoms. The van der Waals surface area contributed by atoms with E-state index in [1.807, 2.05) is 13.0 Å². The van der Waals surface area contributed by atoms with E-state index in [0.29, 0.717) is 35.7 Å². The van der Waals surface area contributed by atoms with Crippen molar-refractivity contribution >= 4 is 48.9 Å². The standard InChI is InChI=1S/C19H22Cl2N2O4S2/c1-3-8-28(24,25)23-7-6-14-4-5-16(10-15(14)12-23)22-29(26,27)19-9-13(2)17(20)11-18(19)21/h4-5,9-11,22H,3,6-8,12H2,1-2H3. The lowest BCUT2D eigenvalue weighted by Crippen LogP contribution is -2.37. The van der Waals surface area contributed by atoms with Crippen LogP contribution in [0.25, 0.3) is 0 Å². The second-order valence-corrected chi connectivity index (χ2v) is 11.6. The molecule has 1 aliphatic rings. The number of sulfonamides is 2. The quantitative estimate of drug-likeness (QED) is 0.676. The number of hydrogen-bond acceptors (Lipinski definition) is 4. The van der Waals surface area contributed by atoms with Crippen LogP contribution in [0.15, 0.2) is 35.2 Å². The van der Waals surface area contributed by atoms with E-state index in [1.165, 1.54) is 16.4 Å². The smallest absolute Gasteiger partial charge is 0.263 e. The van der Waals surface area contributed by atoms with Crippen molar-refractivity contribution in [3.8, 4) is 0 Å². The van der Waals surface area contributed by atoms with Crippen LogP contribution < -0.4 is 4.72 Å². The van der Waals surface area contributed by atoms with Crippen LogP contribution in [-0.4, -0.2) is 33.4 Å². The Kier molecular flexibility index (Phi) is 6.50. The van der Waals surface area contributed by atoms with Crippen LogP contribution >= 0.6 is 23.2 Å². The summed E-state index contributed by atoms with van der Waals surface area (Å²) in [5, 5.41) is 0.416. The van der Waals surface area contributed by atoms with E-state index in [4.69, 9.17) is 23.2 Å². The van der Waals surface area contributed by atoms with E-state index in [2.05, 4.69) is 4.72 Å². The van der Waals surface area contributed by atoms with Gasteiger partial charge in [0.05, 0.1) is 10.8 Å². The Hall–Kier alpha value is -1.32. The molecular weight excluding hydrogens is 455 g/mol. The molecule has 2 aromatic carbocycles. The van der Waals surface area contributed by atoms with E-state index >= 15 is 0 Å². The Morgan fingerprint density at radius 1 is 1.03 bits per heavy atom. The molecule has 3 rings (SSSR count). The summed E-state index contributed by atoms with van der Waals surface area (Å²) in [5.41, 5.74) is 2.74. The zero-order valence-electron chi connectivity index (χ0n) is 16.1. The van der Waals surface area contributed by atoms with E-state index in [1.54, 1.807) is 19.1 Å². The molecule has 0 saturated heterocycles. The first-order chi connectivity index (χ1) is 13.5. The monoisotopic (exact) mass is 476 g/mol. The predicted octanol–water partition coefficient (Wildman–Crippen LogP) is 4.20. The van der Waals surface area contributed by atoms with Crippen molar-refractivity contribution < 1.29 is 16.8 Å². The highest BCUT2D eigenvalue weighted by Crippen LogP contribution is 2.31. The summed E-state index contributed by atoms with van der Waals surface area (Å²) in [6.45, 7) is 4.18. The summed E-state index contributed by atoms with van der Waals surface area (Å²) in [6, 6.07) is 7.99. The number of benzene rings is 2. The van der Waals surface area contributed by atoms with Crippen molar-refractivity contribution in [3.63, 3.8) is 0 Å². The van der Waals surface area contributed by atoms with Crippen LogP contribution in [0.4, 0.5) is 5.69 Å². The molecular formula is C19H22Cl2N2O4S2. The summed E-state index contributed by atoms with van der Waals surface area (Å²) in [4.78, 5) is -0.0639. The molecule has 0 unspecified atom stereocenters. The molecule has 1 N–H and O–H groups in total. The molecule has 29 heavy (non-hydrogen) atoms. The molecule has 0 aliphatic carbocycles. The Labute approximate surface area is 181 Å². The minimum Gasteiger partial charge on any atom is -0.280 e. The topological polar surface area (TPSA) is 83.6 Å². The van der Waals surface area contributed by atoms with Crippen LogP contribution in [0.1, 0.15) is 30.0 Å². The van der Waals surface area contributed by atoms with Gasteiger partial charge < -0.3 is 0 Å². The number of aryl methyl sites for hydroxylation is 1. The third kappa shape index (κ3) is 4.88. The zero-order valence-corrected chi connectivity index (χ0v) is 19.2. The van der Waals surface area contributed by atoms with Crippen molar-refractivity contribution in [2.75, 3.05) is 17.0 Å². The molecule has 1 aliphatic heterocycles. The molecule has 0 saturated carbocycles. The Morgan fingerprint density at radius 3 is 2.45 bits per heavy atom. The van der Waals surface area contributed by atoms with Gasteiger partial charge in [0, 0.05) is 23.8 Å². The summed E-state index contributed by atoms with van der Waals surface area (Å²) >= 11 is 12.1. The molecule has 2 aromatic rings. The van der Waals surface area contributed by atoms with Gasteiger partial charge in [-0.25, -0.2) is 16.8 Å². The molecule has 0 fully saturated rings. The highest BCUT2D eigenvalue weighted by atomic mass is 35.5. The molecule has 0 atom stereocenters. The van der Waals surface area contributed by atoms with Crippen LogP contribution in [0.3, 0.4) is 0 Å². The summed E-state index contributed by atoms with van der Waals surface area (Å²) < 4.78 is 54.4. The minimum absolute atomic E-state index is 0.0305. The van der Waals surface area contributed by atoms with E-state index in [0.717, 1.165) is 11.1 Å². The number of fused-ring (bicyclic) bond motifs is 1. The molecule has 6 nitrogen and oxygen atoms in total. The average molecular weight is 477 g/mol. The Balaban J connectivity index is 1.88. The lowest BCUT2D eigenvalue weighted by atomic mass is 10.0. The van der Waals surface area contributed by atoms with Crippen LogP contribution in [0.5, 0.6) is 0 Å². The highest BCUT2D eigenvalue weighted by molar-refractivity contribution is 7.92. The molecule has 158 valence electrons. The SMILES string of the molecule is CCCS(=O)(=O)N1CCc2ccc(NS(=O)(=O)c3cc(C)c(Cl)cc3Cl)cc2C1. The Bertz CT molecular complexity index is 1150. The lowest BCUT2D eigenvalue weighted by molar-refractivity contribution is 0.391. The first kappa shape index (κ1) is 22.4. The molecule has 0 radical (unpaired) electrons. The number of nitrogens with zero attached hydrogens (tertiary/aromatic N) is 1. The maximum atomic E-state index is 12.8. The van der Waals surface area contributed by atoms with E-state index in [-0.39, 0.29) is 22.2 Å². The molecule has 1 heterocycles. The summed E-state index contributed by atoms with van der Waals surface area (Å²) in [7, 11) is -7.25. The molecule has 0 bridgehead atoms. The first-order valence-corrected chi connectivity index (χ1v) is 13.0. The number of hydrogen-bond donors (Lipinski definition) is 1. The van der Waals surface area contributed by atoms with Crippen molar-refractivity contribution in [1.82, 2.24) is 4.31 Å². The van der Waals surface area contributed by atoms with Gasteiger partial charge >= 0.3 is 0 Å². The van der Waals surface area contributed by atoms with Crippen LogP contribution in [0, 0.1) is 6.92 Å². The Morgan fingerprint density at radius 2 is 1.76 bits per heavy atom. The first-order valence-electron chi connectivity index (χ1n) is 9.11. The number of anilines is 1. The van der Waals surface area contributed by atoms with Gasteiger partial charge in [0.1, 0.15) is 4.90 Å². The van der Waals surface area contributed by atoms with Crippen molar-refractivity contribution in [1.29, 1.82) is 0 Å². The molecule has 10 heteroatoms. The third-order valence-electron chi connectivity index (χ3n) is 4.79. The fourth-order valence-corrected chi connectivity index (χ4v) is 6.63. The van der Waals surface area contributed by atoms with Crippen LogP contribution in [0.2, 0.25) is 10.0 Å². The molecule has 0 aromatic heterocycles. The van der Waals surface area contributed by atoms with Gasteiger partial charge in [-0.1, -0.05) is 36.2 Å². The number of rotatable bonds is 6. The summed E-state index contributed by atoms with van der Waals surface area (Å²) in [5.74, 6) is 0.100. The zero-order chi connectivity index (χ0) is 21.4. The maximum absolute atomic E-state index is 12.8. The van der Waals surface area contributed by atoms with Gasteiger partial charge in [-0.05, 0) is 60.7 Å². The van der Waals surface area contributed by atoms with Crippen molar-refractivity contribution in [3.05, 3.63) is 57.1 Å². The average Bonchev–Trinajstić information content (AvgIpc) is 2.63. The van der Waals surface area contributed by atoms with E-state index in [9.17, 15) is 16.8 Å².